The van der Waals surface area contributed by atoms with Crippen LogP contribution in [0.3, 0.4) is 0 Å². The van der Waals surface area contributed by atoms with Gasteiger partial charge in [0.1, 0.15) is 6.61 Å². The highest BCUT2D eigenvalue weighted by Crippen LogP contribution is 2.00. The standard InChI is InChI=1S/C8H14O2S/c1-3-6-11-7-5-10-8(9)4-2/h4H,2-3,5-7H2,1H3. The van der Waals surface area contributed by atoms with Gasteiger partial charge < -0.3 is 4.74 Å². The molecular formula is C8H14O2S. The lowest BCUT2D eigenvalue weighted by Gasteiger charge is -1.99. The van der Waals surface area contributed by atoms with Crippen LogP contribution in [0, 0.1) is 0 Å². The molecule has 0 saturated carbocycles. The molecule has 11 heavy (non-hydrogen) atoms. The number of esters is 1. The molecule has 64 valence electrons. The van der Waals surface area contributed by atoms with Gasteiger partial charge in [0.15, 0.2) is 0 Å². The van der Waals surface area contributed by atoms with E-state index in [2.05, 4.69) is 13.5 Å². The average molecular weight is 174 g/mol. The zero-order valence-corrected chi connectivity index (χ0v) is 7.65. The van der Waals surface area contributed by atoms with Gasteiger partial charge in [0.05, 0.1) is 0 Å². The van der Waals surface area contributed by atoms with Gasteiger partial charge in [0, 0.05) is 11.8 Å². The summed E-state index contributed by atoms with van der Waals surface area (Å²) < 4.78 is 4.76. The van der Waals surface area contributed by atoms with Crippen LogP contribution in [-0.2, 0) is 9.53 Å². The van der Waals surface area contributed by atoms with Crippen LogP contribution in [0.2, 0.25) is 0 Å². The molecule has 0 aromatic carbocycles. The molecule has 0 atom stereocenters. The first-order valence-corrected chi connectivity index (χ1v) is 4.83. The molecule has 3 heteroatoms. The van der Waals surface area contributed by atoms with Crippen molar-refractivity contribution in [3.8, 4) is 0 Å². The molecule has 0 radical (unpaired) electrons. The molecule has 0 heterocycles. The van der Waals surface area contributed by atoms with Crippen molar-refractivity contribution in [3.05, 3.63) is 12.7 Å². The van der Waals surface area contributed by atoms with Crippen LogP contribution in [-0.4, -0.2) is 24.1 Å². The van der Waals surface area contributed by atoms with Gasteiger partial charge in [-0.1, -0.05) is 13.5 Å². The first kappa shape index (κ1) is 10.6. The summed E-state index contributed by atoms with van der Waals surface area (Å²) in [7, 11) is 0. The molecule has 0 aromatic heterocycles. The summed E-state index contributed by atoms with van der Waals surface area (Å²) in [4.78, 5) is 10.5. The maximum absolute atomic E-state index is 10.5. The van der Waals surface area contributed by atoms with Crippen LogP contribution >= 0.6 is 11.8 Å². The minimum absolute atomic E-state index is 0.331. The molecule has 0 aliphatic carbocycles. The monoisotopic (exact) mass is 174 g/mol. The van der Waals surface area contributed by atoms with Crippen molar-refractivity contribution in [3.63, 3.8) is 0 Å². The SMILES string of the molecule is C=CC(=O)OCCSCCC. The summed E-state index contributed by atoms with van der Waals surface area (Å²) in [6, 6.07) is 0. The summed E-state index contributed by atoms with van der Waals surface area (Å²) in [6.07, 6.45) is 2.35. The molecule has 0 aliphatic heterocycles. The van der Waals surface area contributed by atoms with E-state index in [1.807, 2.05) is 0 Å². The van der Waals surface area contributed by atoms with E-state index in [0.717, 1.165) is 11.5 Å². The van der Waals surface area contributed by atoms with E-state index in [4.69, 9.17) is 4.74 Å². The molecule has 0 spiro atoms. The van der Waals surface area contributed by atoms with Crippen molar-refractivity contribution < 1.29 is 9.53 Å². The van der Waals surface area contributed by atoms with Crippen LogP contribution in [0.4, 0.5) is 0 Å². The van der Waals surface area contributed by atoms with Crippen molar-refractivity contribution in [1.82, 2.24) is 0 Å². The summed E-state index contributed by atoms with van der Waals surface area (Å²) in [5.74, 6) is 1.68. The molecule has 0 amide bonds. The second-order valence-electron chi connectivity index (χ2n) is 1.98. The van der Waals surface area contributed by atoms with Gasteiger partial charge in [-0.05, 0) is 12.2 Å². The fraction of sp³-hybridized carbons (Fsp3) is 0.625. The van der Waals surface area contributed by atoms with Crippen molar-refractivity contribution in [1.29, 1.82) is 0 Å². The second-order valence-corrected chi connectivity index (χ2v) is 3.21. The lowest BCUT2D eigenvalue weighted by atomic mass is 10.6. The smallest absolute Gasteiger partial charge is 0.330 e. The van der Waals surface area contributed by atoms with E-state index in [1.165, 1.54) is 12.5 Å². The van der Waals surface area contributed by atoms with Crippen molar-refractivity contribution in [2.45, 2.75) is 13.3 Å². The fourth-order valence-electron chi connectivity index (χ4n) is 0.507. The molecule has 0 aliphatic rings. The van der Waals surface area contributed by atoms with Gasteiger partial charge in [0.25, 0.3) is 0 Å². The van der Waals surface area contributed by atoms with Gasteiger partial charge in [-0.25, -0.2) is 4.79 Å². The first-order valence-electron chi connectivity index (χ1n) is 3.68. The van der Waals surface area contributed by atoms with Gasteiger partial charge in [-0.3, -0.25) is 0 Å². The fourth-order valence-corrected chi connectivity index (χ4v) is 1.20. The summed E-state index contributed by atoms with van der Waals surface area (Å²) in [5.41, 5.74) is 0. The van der Waals surface area contributed by atoms with E-state index in [-0.39, 0.29) is 5.97 Å². The minimum atomic E-state index is -0.331. The van der Waals surface area contributed by atoms with Gasteiger partial charge >= 0.3 is 5.97 Å². The normalized spacial score (nSPS) is 9.18. The molecule has 0 fully saturated rings. The van der Waals surface area contributed by atoms with Gasteiger partial charge in [0.2, 0.25) is 0 Å². The Morgan fingerprint density at radius 1 is 1.64 bits per heavy atom. The Kier molecular flexibility index (Phi) is 7.36. The largest absolute Gasteiger partial charge is 0.462 e. The van der Waals surface area contributed by atoms with E-state index in [1.54, 1.807) is 11.8 Å². The van der Waals surface area contributed by atoms with Crippen LogP contribution in [0.5, 0.6) is 0 Å². The summed E-state index contributed by atoms with van der Waals surface area (Å²) >= 11 is 1.79. The lowest BCUT2D eigenvalue weighted by Crippen LogP contribution is -2.03. The Balaban J connectivity index is 3.01. The molecule has 0 unspecified atom stereocenters. The van der Waals surface area contributed by atoms with Gasteiger partial charge in [-0.15, -0.1) is 0 Å². The summed E-state index contributed by atoms with van der Waals surface area (Å²) in [6.45, 7) is 5.92. The quantitative estimate of drug-likeness (QED) is 0.349. The topological polar surface area (TPSA) is 26.3 Å². The van der Waals surface area contributed by atoms with E-state index >= 15 is 0 Å². The van der Waals surface area contributed by atoms with Crippen LogP contribution in [0.1, 0.15) is 13.3 Å². The lowest BCUT2D eigenvalue weighted by molar-refractivity contribution is -0.137. The number of rotatable bonds is 6. The highest BCUT2D eigenvalue weighted by atomic mass is 32.2. The number of hydrogen-bond acceptors (Lipinski definition) is 3. The summed E-state index contributed by atoms with van der Waals surface area (Å²) in [5, 5.41) is 0. The van der Waals surface area contributed by atoms with Crippen LogP contribution < -0.4 is 0 Å². The van der Waals surface area contributed by atoms with Gasteiger partial charge in [-0.2, -0.15) is 11.8 Å². The third-order valence-corrected chi connectivity index (χ3v) is 2.14. The zero-order valence-electron chi connectivity index (χ0n) is 6.84. The maximum Gasteiger partial charge on any atom is 0.330 e. The van der Waals surface area contributed by atoms with Crippen molar-refractivity contribution in [2.24, 2.45) is 0 Å². The Morgan fingerprint density at radius 2 is 2.36 bits per heavy atom. The Morgan fingerprint density at radius 3 is 2.91 bits per heavy atom. The number of thioether (sulfide) groups is 1. The number of ether oxygens (including phenoxy) is 1. The molecule has 0 aromatic rings. The Bertz CT molecular complexity index is 123. The molecule has 0 N–H and O–H groups in total. The third-order valence-electron chi connectivity index (χ3n) is 0.987. The molecular weight excluding hydrogens is 160 g/mol. The average Bonchev–Trinajstić information content (AvgIpc) is 2.04. The molecule has 0 rings (SSSR count). The predicted molar refractivity (Wildman–Crippen MR) is 48.8 cm³/mol. The Labute approximate surface area is 72.0 Å². The molecule has 0 bridgehead atoms. The third kappa shape index (κ3) is 7.46. The maximum atomic E-state index is 10.5. The van der Waals surface area contributed by atoms with E-state index in [9.17, 15) is 4.79 Å². The zero-order chi connectivity index (χ0) is 8.53. The minimum Gasteiger partial charge on any atom is -0.462 e. The second kappa shape index (κ2) is 7.66. The number of hydrogen-bond donors (Lipinski definition) is 0. The van der Waals surface area contributed by atoms with Crippen molar-refractivity contribution >= 4 is 17.7 Å². The number of carbonyl (C=O) groups excluding carboxylic acids is 1. The number of carbonyl (C=O) groups is 1. The van der Waals surface area contributed by atoms with Crippen molar-refractivity contribution in [2.75, 3.05) is 18.1 Å². The Hall–Kier alpha value is -0.440. The highest BCUT2D eigenvalue weighted by Gasteiger charge is 1.93. The van der Waals surface area contributed by atoms with E-state index < -0.39 is 0 Å². The predicted octanol–water partition coefficient (Wildman–Crippen LogP) is 1.86. The molecule has 2 nitrogen and oxygen atoms in total. The van der Waals surface area contributed by atoms with E-state index in [0.29, 0.717) is 6.61 Å². The molecule has 0 saturated heterocycles. The first-order chi connectivity index (χ1) is 5.31. The van der Waals surface area contributed by atoms with Crippen LogP contribution in [0.25, 0.3) is 0 Å². The highest BCUT2D eigenvalue weighted by molar-refractivity contribution is 7.99. The van der Waals surface area contributed by atoms with Crippen LogP contribution in [0.15, 0.2) is 12.7 Å².